The Balaban J connectivity index is 1.86. The lowest BCUT2D eigenvalue weighted by Gasteiger charge is -2.20. The van der Waals surface area contributed by atoms with E-state index >= 15 is 0 Å². The van der Waals surface area contributed by atoms with Crippen molar-refractivity contribution in [2.45, 2.75) is 31.8 Å². The molecule has 0 heterocycles. The minimum Gasteiger partial charge on any atom is -0.378 e. The van der Waals surface area contributed by atoms with Gasteiger partial charge >= 0.3 is 0 Å². The maximum absolute atomic E-state index is 12.1. The zero-order chi connectivity index (χ0) is 14.7. The second kappa shape index (κ2) is 6.27. The summed E-state index contributed by atoms with van der Waals surface area (Å²) in [6.45, 7) is 0.643. The minimum atomic E-state index is 0.0427. The SMILES string of the molecule is CN(Cc1ccc(N(C)C)cc1)C(=O)CC(N)C1CC1. The third-order valence-electron chi connectivity index (χ3n) is 3.94. The van der Waals surface area contributed by atoms with Gasteiger partial charge in [0, 0.05) is 45.8 Å². The van der Waals surface area contributed by atoms with Crippen molar-refractivity contribution >= 4 is 11.6 Å². The number of hydrogen-bond donors (Lipinski definition) is 1. The van der Waals surface area contributed by atoms with Crippen LogP contribution in [0.5, 0.6) is 0 Å². The monoisotopic (exact) mass is 275 g/mol. The first-order chi connectivity index (χ1) is 9.47. The van der Waals surface area contributed by atoms with Gasteiger partial charge in [-0.1, -0.05) is 12.1 Å². The molecule has 1 aromatic carbocycles. The van der Waals surface area contributed by atoms with E-state index in [9.17, 15) is 4.79 Å². The van der Waals surface area contributed by atoms with Crippen molar-refractivity contribution in [2.24, 2.45) is 11.7 Å². The van der Waals surface area contributed by atoms with Crippen molar-refractivity contribution in [3.05, 3.63) is 29.8 Å². The summed E-state index contributed by atoms with van der Waals surface area (Å²) >= 11 is 0. The molecular formula is C16H25N3O. The van der Waals surface area contributed by atoms with E-state index in [1.165, 1.54) is 18.5 Å². The van der Waals surface area contributed by atoms with E-state index in [1.54, 1.807) is 4.90 Å². The Morgan fingerprint density at radius 2 is 1.85 bits per heavy atom. The van der Waals surface area contributed by atoms with Gasteiger partial charge in [-0.3, -0.25) is 4.79 Å². The molecule has 2 rings (SSSR count). The molecule has 0 bridgehead atoms. The van der Waals surface area contributed by atoms with Crippen LogP contribution >= 0.6 is 0 Å². The molecule has 1 atom stereocenters. The molecular weight excluding hydrogens is 250 g/mol. The highest BCUT2D eigenvalue weighted by atomic mass is 16.2. The molecule has 1 aliphatic rings. The fourth-order valence-corrected chi connectivity index (χ4v) is 2.31. The smallest absolute Gasteiger partial charge is 0.224 e. The molecule has 4 nitrogen and oxygen atoms in total. The second-order valence-electron chi connectivity index (χ2n) is 6.02. The van der Waals surface area contributed by atoms with Gasteiger partial charge in [-0.05, 0) is 36.5 Å². The summed E-state index contributed by atoms with van der Waals surface area (Å²) in [4.78, 5) is 15.9. The molecule has 2 N–H and O–H groups in total. The van der Waals surface area contributed by atoms with Crippen LogP contribution in [0, 0.1) is 5.92 Å². The molecule has 0 spiro atoms. The summed E-state index contributed by atoms with van der Waals surface area (Å²) in [6.07, 6.45) is 2.84. The van der Waals surface area contributed by atoms with Crippen molar-refractivity contribution in [2.75, 3.05) is 26.0 Å². The van der Waals surface area contributed by atoms with Crippen LogP contribution < -0.4 is 10.6 Å². The lowest BCUT2D eigenvalue weighted by Crippen LogP contribution is -2.34. The van der Waals surface area contributed by atoms with Crippen LogP contribution in [0.15, 0.2) is 24.3 Å². The Hall–Kier alpha value is -1.55. The third kappa shape index (κ3) is 3.97. The first kappa shape index (κ1) is 14.9. The highest BCUT2D eigenvalue weighted by Gasteiger charge is 2.30. The largest absolute Gasteiger partial charge is 0.378 e. The highest BCUT2D eigenvalue weighted by Crippen LogP contribution is 2.33. The van der Waals surface area contributed by atoms with Crippen LogP contribution in [0.2, 0.25) is 0 Å². The number of nitrogens with zero attached hydrogens (tertiary/aromatic N) is 2. The predicted octanol–water partition coefficient (Wildman–Crippen LogP) is 1.84. The first-order valence-electron chi connectivity index (χ1n) is 7.23. The van der Waals surface area contributed by atoms with Gasteiger partial charge < -0.3 is 15.5 Å². The van der Waals surface area contributed by atoms with Crippen LogP contribution in [-0.2, 0) is 11.3 Å². The molecule has 4 heteroatoms. The number of amides is 1. The van der Waals surface area contributed by atoms with E-state index in [1.807, 2.05) is 21.1 Å². The van der Waals surface area contributed by atoms with Gasteiger partial charge in [0.1, 0.15) is 0 Å². The van der Waals surface area contributed by atoms with Crippen molar-refractivity contribution in [1.82, 2.24) is 4.90 Å². The van der Waals surface area contributed by atoms with E-state index in [0.717, 1.165) is 5.56 Å². The molecule has 0 radical (unpaired) electrons. The van der Waals surface area contributed by atoms with Gasteiger partial charge in [0.25, 0.3) is 0 Å². The molecule has 1 unspecified atom stereocenters. The average Bonchev–Trinajstić information content (AvgIpc) is 3.23. The number of hydrogen-bond acceptors (Lipinski definition) is 3. The van der Waals surface area contributed by atoms with Gasteiger partial charge in [0.2, 0.25) is 5.91 Å². The number of carbonyl (C=O) groups is 1. The van der Waals surface area contributed by atoms with E-state index in [0.29, 0.717) is 18.9 Å². The highest BCUT2D eigenvalue weighted by molar-refractivity contribution is 5.76. The number of benzene rings is 1. The molecule has 1 aromatic rings. The standard InChI is InChI=1S/C16H25N3O/c1-18(2)14-8-4-12(5-9-14)11-19(3)16(20)10-15(17)13-6-7-13/h4-5,8-9,13,15H,6-7,10-11,17H2,1-3H3. The first-order valence-corrected chi connectivity index (χ1v) is 7.23. The molecule has 1 fully saturated rings. The minimum absolute atomic E-state index is 0.0427. The Bertz CT molecular complexity index is 451. The van der Waals surface area contributed by atoms with Crippen LogP contribution in [-0.4, -0.2) is 38.0 Å². The van der Waals surface area contributed by atoms with Crippen LogP contribution in [0.25, 0.3) is 0 Å². The van der Waals surface area contributed by atoms with Gasteiger partial charge in [0.05, 0.1) is 0 Å². The molecule has 0 aliphatic heterocycles. The number of carbonyl (C=O) groups excluding carboxylic acids is 1. The average molecular weight is 275 g/mol. The van der Waals surface area contributed by atoms with Crippen molar-refractivity contribution in [3.63, 3.8) is 0 Å². The van der Waals surface area contributed by atoms with Crippen molar-refractivity contribution in [3.8, 4) is 0 Å². The third-order valence-corrected chi connectivity index (χ3v) is 3.94. The zero-order valence-electron chi connectivity index (χ0n) is 12.7. The summed E-state index contributed by atoms with van der Waals surface area (Å²) in [6, 6.07) is 8.33. The Morgan fingerprint density at radius 3 is 2.35 bits per heavy atom. The summed E-state index contributed by atoms with van der Waals surface area (Å²) in [5.74, 6) is 0.716. The predicted molar refractivity (Wildman–Crippen MR) is 82.6 cm³/mol. The molecule has 110 valence electrons. The Kier molecular flexibility index (Phi) is 4.65. The topological polar surface area (TPSA) is 49.6 Å². The Labute approximate surface area is 121 Å². The van der Waals surface area contributed by atoms with Crippen LogP contribution in [0.3, 0.4) is 0 Å². The Morgan fingerprint density at radius 1 is 1.25 bits per heavy atom. The second-order valence-corrected chi connectivity index (χ2v) is 6.02. The quantitative estimate of drug-likeness (QED) is 0.862. The number of anilines is 1. The van der Waals surface area contributed by atoms with E-state index in [2.05, 4.69) is 29.2 Å². The van der Waals surface area contributed by atoms with Gasteiger partial charge in [-0.2, -0.15) is 0 Å². The van der Waals surface area contributed by atoms with Crippen LogP contribution in [0.1, 0.15) is 24.8 Å². The van der Waals surface area contributed by atoms with Crippen LogP contribution in [0.4, 0.5) is 5.69 Å². The van der Waals surface area contributed by atoms with Gasteiger partial charge in [-0.15, -0.1) is 0 Å². The molecule has 0 saturated heterocycles. The van der Waals surface area contributed by atoms with Crippen molar-refractivity contribution in [1.29, 1.82) is 0 Å². The van der Waals surface area contributed by atoms with Gasteiger partial charge in [-0.25, -0.2) is 0 Å². The van der Waals surface area contributed by atoms with Crippen molar-refractivity contribution < 1.29 is 4.79 Å². The normalized spacial score (nSPS) is 15.8. The molecule has 20 heavy (non-hydrogen) atoms. The molecule has 1 saturated carbocycles. The summed E-state index contributed by atoms with van der Waals surface area (Å²) in [5.41, 5.74) is 8.32. The summed E-state index contributed by atoms with van der Waals surface area (Å²) < 4.78 is 0. The fraction of sp³-hybridized carbons (Fsp3) is 0.562. The van der Waals surface area contributed by atoms with Gasteiger partial charge in [0.15, 0.2) is 0 Å². The van der Waals surface area contributed by atoms with E-state index in [4.69, 9.17) is 5.73 Å². The van der Waals surface area contributed by atoms with E-state index < -0.39 is 0 Å². The lowest BCUT2D eigenvalue weighted by atomic mass is 10.1. The maximum atomic E-state index is 12.1. The molecule has 1 amide bonds. The lowest BCUT2D eigenvalue weighted by molar-refractivity contribution is -0.130. The summed E-state index contributed by atoms with van der Waals surface area (Å²) in [7, 11) is 5.88. The maximum Gasteiger partial charge on any atom is 0.224 e. The molecule has 0 aromatic heterocycles. The molecule has 1 aliphatic carbocycles. The zero-order valence-corrected chi connectivity index (χ0v) is 12.7. The number of rotatable bonds is 6. The summed E-state index contributed by atoms with van der Waals surface area (Å²) in [5, 5.41) is 0. The fourth-order valence-electron chi connectivity index (χ4n) is 2.31. The number of nitrogens with two attached hydrogens (primary N) is 1. The van der Waals surface area contributed by atoms with E-state index in [-0.39, 0.29) is 11.9 Å².